The van der Waals surface area contributed by atoms with Crippen LogP contribution in [-0.4, -0.2) is 36.3 Å². The minimum Gasteiger partial charge on any atom is -0.368 e. The van der Waals surface area contributed by atoms with Crippen molar-refractivity contribution < 1.29 is 50.5 Å². The van der Waals surface area contributed by atoms with Gasteiger partial charge in [-0.2, -0.15) is 0 Å². The second kappa shape index (κ2) is 20.4. The van der Waals surface area contributed by atoms with E-state index in [1.54, 1.807) is 0 Å². The summed E-state index contributed by atoms with van der Waals surface area (Å²) in [6, 6.07) is 47.4. The molecule has 0 N–H and O–H groups in total. The molecule has 1 heterocycles. The summed E-state index contributed by atoms with van der Waals surface area (Å²) in [5.74, 6) is -0.921. The molecule has 0 unspecified atom stereocenters. The summed E-state index contributed by atoms with van der Waals surface area (Å²) in [7, 11) is -8.72. The molecule has 1 aliphatic heterocycles. The average Bonchev–Trinajstić information content (AvgIpc) is 3.66. The van der Waals surface area contributed by atoms with Gasteiger partial charge in [0.15, 0.2) is 5.79 Å². The van der Waals surface area contributed by atoms with E-state index in [9.17, 15) is 4.57 Å². The average molecular weight is 855 g/mol. The summed E-state index contributed by atoms with van der Waals surface area (Å²) < 4.78 is 88.2. The fraction of sp³-hybridized carbons (Fsp3) is 0.362. The molecule has 60 heavy (non-hydrogen) atoms. The van der Waals surface area contributed by atoms with Gasteiger partial charge in [0.1, 0.15) is 30.5 Å². The Bertz CT molecular complexity index is 2050. The van der Waals surface area contributed by atoms with Gasteiger partial charge in [-0.25, -0.2) is 9.13 Å². The predicted molar refractivity (Wildman–Crippen MR) is 225 cm³/mol. The second-order valence-electron chi connectivity index (χ2n) is 15.4. The third-order valence-corrected chi connectivity index (χ3v) is 13.7. The van der Waals surface area contributed by atoms with Crippen LogP contribution in [0.15, 0.2) is 152 Å². The molecule has 8 rings (SSSR count). The van der Waals surface area contributed by atoms with Crippen molar-refractivity contribution >= 4 is 15.6 Å². The minimum atomic E-state index is -4.38. The molecule has 5 atom stereocenters. The lowest BCUT2D eigenvalue weighted by molar-refractivity contribution is -0.206. The van der Waals surface area contributed by atoms with Crippen molar-refractivity contribution in [1.82, 2.24) is 0 Å². The van der Waals surface area contributed by atoms with Gasteiger partial charge in [-0.1, -0.05) is 158 Å². The molecular formula is C47H52O11P2. The molecule has 0 aromatic heterocycles. The highest BCUT2D eigenvalue weighted by molar-refractivity contribution is 7.48. The Morgan fingerprint density at radius 1 is 0.450 bits per heavy atom. The predicted octanol–water partition coefficient (Wildman–Crippen LogP) is 11.3. The molecular weight excluding hydrogens is 802 g/mol. The van der Waals surface area contributed by atoms with Gasteiger partial charge in [-0.05, 0) is 40.7 Å². The number of phosphoric ester groups is 2. The number of hydrogen-bond acceptors (Lipinski definition) is 11. The topological polar surface area (TPSA) is 117 Å². The van der Waals surface area contributed by atoms with Crippen molar-refractivity contribution in [1.29, 1.82) is 0 Å². The van der Waals surface area contributed by atoms with Crippen molar-refractivity contribution in [2.75, 3.05) is 0 Å². The Labute approximate surface area is 352 Å². The van der Waals surface area contributed by atoms with Crippen molar-refractivity contribution in [2.45, 2.75) is 108 Å². The first-order valence-electron chi connectivity index (χ1n) is 20.7. The SMILES string of the molecule is O=P(OCc1ccccc1)(OCc1ccccc1)O[C@H]1C[C@@H](OP(=O)(OCc2ccccc2)OCc2ccccc2)[C@H](OCc2ccccc2)[C@H]2OC3(CCCCC3)O[C@H]21. The van der Waals surface area contributed by atoms with Gasteiger partial charge in [0, 0.05) is 19.3 Å². The molecule has 13 heteroatoms. The molecule has 0 bridgehead atoms. The van der Waals surface area contributed by atoms with Crippen LogP contribution in [0.25, 0.3) is 0 Å². The summed E-state index contributed by atoms with van der Waals surface area (Å²) >= 11 is 0. The largest absolute Gasteiger partial charge is 0.475 e. The van der Waals surface area contributed by atoms with E-state index in [1.165, 1.54) is 0 Å². The molecule has 1 spiro atoms. The van der Waals surface area contributed by atoms with E-state index in [0.717, 1.165) is 47.1 Å². The van der Waals surface area contributed by atoms with Crippen LogP contribution in [0, 0.1) is 0 Å². The van der Waals surface area contributed by atoms with Crippen LogP contribution in [0.5, 0.6) is 0 Å². The number of hydrogen-bond donors (Lipinski definition) is 0. The molecule has 2 saturated carbocycles. The van der Waals surface area contributed by atoms with Crippen molar-refractivity contribution in [2.24, 2.45) is 0 Å². The molecule has 5 aromatic rings. The van der Waals surface area contributed by atoms with E-state index < -0.39 is 52.0 Å². The quantitative estimate of drug-likeness (QED) is 0.0739. The number of rotatable bonds is 19. The van der Waals surface area contributed by atoms with E-state index in [-0.39, 0.29) is 39.5 Å². The van der Waals surface area contributed by atoms with Gasteiger partial charge >= 0.3 is 15.6 Å². The Morgan fingerprint density at radius 3 is 1.20 bits per heavy atom. The fourth-order valence-electron chi connectivity index (χ4n) is 7.85. The first-order chi connectivity index (χ1) is 29.4. The van der Waals surface area contributed by atoms with Crippen molar-refractivity contribution in [3.8, 4) is 0 Å². The highest BCUT2D eigenvalue weighted by Crippen LogP contribution is 2.59. The first kappa shape index (κ1) is 42.9. The standard InChI is InChI=1S/C47H52O11P2/c48-59(51-33-38-21-9-2-10-22-38,52-34-39-23-11-3-12-24-39)57-42-31-43(58-60(49,53-35-40-25-13-4-14-26-40)54-36-41-27-15-5-16-28-41)45-46(56-47(55-45)29-17-6-18-30-47)44(42)50-32-37-19-7-1-8-20-37/h1-5,7-16,19-28,42-46H,6,17-18,29-36H2/t42-,43+,44+,45+,46-/m1/s1. The van der Waals surface area contributed by atoms with Gasteiger partial charge in [0.05, 0.1) is 33.0 Å². The lowest BCUT2D eigenvalue weighted by Crippen LogP contribution is -2.56. The maximum atomic E-state index is 15.0. The van der Waals surface area contributed by atoms with Crippen LogP contribution in [0.1, 0.15) is 66.3 Å². The summed E-state index contributed by atoms with van der Waals surface area (Å²) in [4.78, 5) is 0. The minimum absolute atomic E-state index is 0.000824. The lowest BCUT2D eigenvalue weighted by Gasteiger charge is -2.42. The number of ether oxygens (including phenoxy) is 3. The van der Waals surface area contributed by atoms with Crippen LogP contribution < -0.4 is 0 Å². The molecule has 11 nitrogen and oxygen atoms in total. The highest BCUT2D eigenvalue weighted by atomic mass is 31.2. The van der Waals surface area contributed by atoms with Crippen LogP contribution >= 0.6 is 15.6 Å². The number of phosphoric acid groups is 2. The second-order valence-corrected chi connectivity index (χ2v) is 18.6. The Hall–Kier alpha value is -3.80. The monoisotopic (exact) mass is 854 g/mol. The third-order valence-electron chi connectivity index (χ3n) is 10.9. The smallest absolute Gasteiger partial charge is 0.368 e. The Balaban J connectivity index is 1.13. The highest BCUT2D eigenvalue weighted by Gasteiger charge is 2.61. The maximum absolute atomic E-state index is 15.0. The Morgan fingerprint density at radius 2 is 0.800 bits per heavy atom. The summed E-state index contributed by atoms with van der Waals surface area (Å²) in [6.07, 6.45) is -0.185. The normalized spacial score (nSPS) is 22.7. The van der Waals surface area contributed by atoms with Gasteiger partial charge < -0.3 is 14.2 Å². The van der Waals surface area contributed by atoms with E-state index in [1.807, 2.05) is 152 Å². The zero-order valence-electron chi connectivity index (χ0n) is 33.5. The van der Waals surface area contributed by atoms with Gasteiger partial charge in [0.25, 0.3) is 0 Å². The van der Waals surface area contributed by atoms with E-state index >= 15 is 4.57 Å². The van der Waals surface area contributed by atoms with E-state index in [4.69, 9.17) is 41.4 Å². The zero-order valence-corrected chi connectivity index (χ0v) is 35.3. The van der Waals surface area contributed by atoms with Crippen LogP contribution in [-0.2, 0) is 83.5 Å². The fourth-order valence-corrected chi connectivity index (χ4v) is 10.5. The molecule has 2 aliphatic carbocycles. The van der Waals surface area contributed by atoms with Gasteiger partial charge in [0.2, 0.25) is 0 Å². The molecule has 0 amide bonds. The van der Waals surface area contributed by atoms with E-state index in [2.05, 4.69) is 0 Å². The van der Waals surface area contributed by atoms with Crippen molar-refractivity contribution in [3.05, 3.63) is 179 Å². The number of benzene rings is 5. The lowest BCUT2D eigenvalue weighted by atomic mass is 9.87. The van der Waals surface area contributed by atoms with Crippen LogP contribution in [0.2, 0.25) is 0 Å². The molecule has 0 radical (unpaired) electrons. The molecule has 3 fully saturated rings. The summed E-state index contributed by atoms with van der Waals surface area (Å²) in [5.41, 5.74) is 4.07. The van der Waals surface area contributed by atoms with Crippen molar-refractivity contribution in [3.63, 3.8) is 0 Å². The van der Waals surface area contributed by atoms with Crippen LogP contribution in [0.3, 0.4) is 0 Å². The van der Waals surface area contributed by atoms with Gasteiger partial charge in [-0.3, -0.25) is 27.1 Å². The first-order valence-corrected chi connectivity index (χ1v) is 23.6. The molecule has 1 saturated heterocycles. The Kier molecular flexibility index (Phi) is 14.6. The van der Waals surface area contributed by atoms with Gasteiger partial charge in [-0.15, -0.1) is 0 Å². The third kappa shape index (κ3) is 11.6. The maximum Gasteiger partial charge on any atom is 0.475 e. The zero-order chi connectivity index (χ0) is 41.1. The van der Waals surface area contributed by atoms with E-state index in [0.29, 0.717) is 12.8 Å². The molecule has 5 aromatic carbocycles. The molecule has 316 valence electrons. The summed E-state index contributed by atoms with van der Waals surface area (Å²) in [6.45, 7) is 0.0516. The number of fused-ring (bicyclic) bond motifs is 1. The van der Waals surface area contributed by atoms with Crippen LogP contribution in [0.4, 0.5) is 0 Å². The molecule has 3 aliphatic rings. The summed E-state index contributed by atoms with van der Waals surface area (Å²) in [5, 5.41) is 0.